The fraction of sp³-hybridized carbons (Fsp3) is 0.317. The molecule has 2 aliphatic rings. The van der Waals surface area contributed by atoms with Crippen molar-refractivity contribution in [1.29, 1.82) is 0 Å². The van der Waals surface area contributed by atoms with E-state index >= 15 is 0 Å². The molecule has 0 unspecified atom stereocenters. The Morgan fingerprint density at radius 2 is 0.714 bits per heavy atom. The molecular formula is C63H65N3O11. The molecule has 14 nitrogen and oxygen atoms in total. The summed E-state index contributed by atoms with van der Waals surface area (Å²) < 4.78 is 69.2. The van der Waals surface area contributed by atoms with Crippen molar-refractivity contribution in [2.75, 3.05) is 6.61 Å². The number of benzene rings is 7. The van der Waals surface area contributed by atoms with E-state index in [1.54, 1.807) is 0 Å². The standard InChI is InChI=1S/C63H65N3O11/c1-45(67)75-61-59(73-42-51-33-19-7-20-34-51)57(71-40-49-29-15-5-16-30-49)58(72-41-50-31-17-6-18-32-50)60(74-43-52-35-21-8-22-36-52)62(61)77-63-54(65-66-64)56(70-39-48-27-13-4-14-28-48)55(69-38-47-25-11-3-12-26-47)53(76-63)44-68-37-46-23-9-2-10-24-46/h2-36,53-63H,37-44H2,1H3/t53-,54-,55+,56-,57+,58-,59-,60+,61+,62+,63-/m1/s1. The number of ether oxygens (including phenoxy) is 10. The highest BCUT2D eigenvalue weighted by molar-refractivity contribution is 5.66. The topological polar surface area (TPSA) is 158 Å². The molecule has 7 aromatic rings. The molecule has 9 rings (SSSR count). The molecule has 1 saturated carbocycles. The summed E-state index contributed by atoms with van der Waals surface area (Å²) in [6, 6.07) is 67.1. The van der Waals surface area contributed by atoms with Gasteiger partial charge in [0.15, 0.2) is 12.4 Å². The summed E-state index contributed by atoms with van der Waals surface area (Å²) in [4.78, 5) is 17.1. The molecule has 0 N–H and O–H groups in total. The summed E-state index contributed by atoms with van der Waals surface area (Å²) in [7, 11) is 0. The minimum atomic E-state index is -1.38. The molecule has 0 radical (unpaired) electrons. The fourth-order valence-corrected chi connectivity index (χ4v) is 9.70. The molecule has 0 spiro atoms. The van der Waals surface area contributed by atoms with E-state index in [-0.39, 0.29) is 52.9 Å². The highest BCUT2D eigenvalue weighted by Crippen LogP contribution is 2.39. The third kappa shape index (κ3) is 15.8. The van der Waals surface area contributed by atoms with Crippen LogP contribution in [-0.4, -0.2) is 79.8 Å². The second-order valence-corrected chi connectivity index (χ2v) is 19.0. The van der Waals surface area contributed by atoms with Gasteiger partial charge >= 0.3 is 5.97 Å². The van der Waals surface area contributed by atoms with Crippen molar-refractivity contribution in [3.8, 4) is 0 Å². The lowest BCUT2D eigenvalue weighted by atomic mass is 9.83. The van der Waals surface area contributed by atoms with E-state index in [0.29, 0.717) is 0 Å². The maximum atomic E-state index is 13.7. The number of nitrogens with zero attached hydrogens (tertiary/aromatic N) is 3. The van der Waals surface area contributed by atoms with Gasteiger partial charge in [-0.25, -0.2) is 0 Å². The maximum absolute atomic E-state index is 13.7. The second kappa shape index (κ2) is 28.9. The lowest BCUT2D eigenvalue weighted by molar-refractivity contribution is -0.339. The number of esters is 1. The zero-order chi connectivity index (χ0) is 52.9. The van der Waals surface area contributed by atoms with Gasteiger partial charge in [0, 0.05) is 11.8 Å². The highest BCUT2D eigenvalue weighted by Gasteiger charge is 2.58. The fourth-order valence-electron chi connectivity index (χ4n) is 9.70. The molecule has 11 atom stereocenters. The molecule has 77 heavy (non-hydrogen) atoms. The summed E-state index contributed by atoms with van der Waals surface area (Å²) in [6.45, 7) is 2.46. The van der Waals surface area contributed by atoms with Crippen LogP contribution in [0.25, 0.3) is 10.4 Å². The molecule has 0 bridgehead atoms. The molecule has 0 aromatic heterocycles. The predicted octanol–water partition coefficient (Wildman–Crippen LogP) is 11.4. The van der Waals surface area contributed by atoms with E-state index in [1.165, 1.54) is 6.92 Å². The number of carbonyl (C=O) groups excluding carboxylic acids is 1. The first-order chi connectivity index (χ1) is 38.0. The van der Waals surface area contributed by atoms with E-state index in [1.807, 2.05) is 212 Å². The molecule has 2 fully saturated rings. The van der Waals surface area contributed by atoms with Gasteiger partial charge in [-0.3, -0.25) is 4.79 Å². The van der Waals surface area contributed by atoms with Gasteiger partial charge in [0.2, 0.25) is 0 Å². The molecule has 1 heterocycles. The van der Waals surface area contributed by atoms with Crippen LogP contribution in [0, 0.1) is 0 Å². The quantitative estimate of drug-likeness (QED) is 0.0220. The van der Waals surface area contributed by atoms with Crippen molar-refractivity contribution < 1.29 is 52.2 Å². The van der Waals surface area contributed by atoms with Crippen LogP contribution in [0.5, 0.6) is 0 Å². The van der Waals surface area contributed by atoms with E-state index in [2.05, 4.69) is 10.0 Å². The SMILES string of the molecule is CC(=O)O[C@H]1[C@H](OCc2ccccc2)[C@@H](OCc2ccccc2)[C@@H](OCc2ccccc2)[C@H](OCc2ccccc2)[C@@H]1O[C@H]1O[C@H](COCc2ccccc2)[C@H](OCc2ccccc2)[C@H](OCc2ccccc2)[C@H]1N=[N+]=[N-]. The zero-order valence-corrected chi connectivity index (χ0v) is 43.0. The maximum Gasteiger partial charge on any atom is 0.303 e. The van der Waals surface area contributed by atoms with Crippen molar-refractivity contribution in [2.24, 2.45) is 5.11 Å². The number of rotatable bonds is 26. The number of hydrogen-bond acceptors (Lipinski definition) is 12. The third-order valence-electron chi connectivity index (χ3n) is 13.4. The van der Waals surface area contributed by atoms with Crippen molar-refractivity contribution >= 4 is 5.97 Å². The number of carbonyl (C=O) groups is 1. The minimum absolute atomic E-state index is 0.0232. The van der Waals surface area contributed by atoms with Crippen molar-refractivity contribution in [3.63, 3.8) is 0 Å². The average molecular weight is 1040 g/mol. The molecule has 14 heteroatoms. The van der Waals surface area contributed by atoms with Crippen LogP contribution < -0.4 is 0 Å². The Labute approximate surface area is 450 Å². The van der Waals surface area contributed by atoms with Crippen molar-refractivity contribution in [3.05, 3.63) is 262 Å². The van der Waals surface area contributed by atoms with Crippen LogP contribution in [0.1, 0.15) is 45.9 Å². The van der Waals surface area contributed by atoms with Gasteiger partial charge in [0.05, 0.1) is 52.9 Å². The van der Waals surface area contributed by atoms with E-state index in [4.69, 9.17) is 47.4 Å². The minimum Gasteiger partial charge on any atom is -0.457 e. The largest absolute Gasteiger partial charge is 0.457 e. The van der Waals surface area contributed by atoms with Crippen LogP contribution in [0.4, 0.5) is 0 Å². The first kappa shape index (κ1) is 54.7. The molecule has 7 aromatic carbocycles. The summed E-state index contributed by atoms with van der Waals surface area (Å²) in [5.74, 6) is -0.606. The lowest BCUT2D eigenvalue weighted by Crippen LogP contribution is -2.69. The van der Waals surface area contributed by atoms with Crippen LogP contribution in [0.15, 0.2) is 217 Å². The van der Waals surface area contributed by atoms with E-state index in [9.17, 15) is 10.3 Å². The summed E-state index contributed by atoms with van der Waals surface area (Å²) in [6.07, 6.45) is -10.5. The third-order valence-corrected chi connectivity index (χ3v) is 13.4. The summed E-state index contributed by atoms with van der Waals surface area (Å²) >= 11 is 0. The zero-order valence-electron chi connectivity index (χ0n) is 43.0. The second-order valence-electron chi connectivity index (χ2n) is 19.0. The smallest absolute Gasteiger partial charge is 0.303 e. The Balaban J connectivity index is 1.15. The Kier molecular flexibility index (Phi) is 20.6. The molecule has 0 amide bonds. The Morgan fingerprint density at radius 1 is 0.416 bits per heavy atom. The van der Waals surface area contributed by atoms with Gasteiger partial charge < -0.3 is 47.4 Å². The Morgan fingerprint density at radius 3 is 1.05 bits per heavy atom. The van der Waals surface area contributed by atoms with Crippen LogP contribution in [0.2, 0.25) is 0 Å². The van der Waals surface area contributed by atoms with Crippen molar-refractivity contribution in [2.45, 2.75) is 120 Å². The molecule has 398 valence electrons. The van der Waals surface area contributed by atoms with Crippen LogP contribution in [-0.2, 0) is 98.4 Å². The van der Waals surface area contributed by atoms with E-state index in [0.717, 1.165) is 38.9 Å². The monoisotopic (exact) mass is 1040 g/mol. The molecule has 1 aliphatic heterocycles. The lowest BCUT2D eigenvalue weighted by Gasteiger charge is -2.51. The van der Waals surface area contributed by atoms with Gasteiger partial charge in [-0.15, -0.1) is 0 Å². The van der Waals surface area contributed by atoms with Gasteiger partial charge in [-0.2, -0.15) is 0 Å². The van der Waals surface area contributed by atoms with Crippen LogP contribution >= 0.6 is 0 Å². The van der Waals surface area contributed by atoms with Gasteiger partial charge in [-0.1, -0.05) is 217 Å². The molecular weight excluding hydrogens is 975 g/mol. The van der Waals surface area contributed by atoms with Gasteiger partial charge in [-0.05, 0) is 44.5 Å². The van der Waals surface area contributed by atoms with Crippen LogP contribution in [0.3, 0.4) is 0 Å². The normalized spacial score (nSPS) is 24.1. The number of hydrogen-bond donors (Lipinski definition) is 0. The Bertz CT molecular complexity index is 2840. The van der Waals surface area contributed by atoms with E-state index < -0.39 is 73.2 Å². The average Bonchev–Trinajstić information content (AvgIpc) is 3.48. The van der Waals surface area contributed by atoms with Gasteiger partial charge in [0.25, 0.3) is 0 Å². The first-order valence-electron chi connectivity index (χ1n) is 26.1. The van der Waals surface area contributed by atoms with Crippen molar-refractivity contribution in [1.82, 2.24) is 0 Å². The summed E-state index contributed by atoms with van der Waals surface area (Å²) in [5, 5.41) is 4.41. The highest BCUT2D eigenvalue weighted by atomic mass is 16.7. The Hall–Kier alpha value is -7.04. The van der Waals surface area contributed by atoms with Gasteiger partial charge in [0.1, 0.15) is 54.9 Å². The summed E-state index contributed by atoms with van der Waals surface area (Å²) in [5.41, 5.74) is 16.8. The molecule has 1 aliphatic carbocycles. The molecule has 1 saturated heterocycles. The predicted molar refractivity (Wildman–Crippen MR) is 288 cm³/mol. The number of azide groups is 1. The first-order valence-corrected chi connectivity index (χ1v) is 26.1.